The van der Waals surface area contributed by atoms with Gasteiger partial charge in [-0.1, -0.05) is 28.4 Å². The molecule has 102 valence electrons. The molecule has 0 atom stereocenters. The Hall–Kier alpha value is -1.08. The normalized spacial score (nSPS) is 10.9. The zero-order chi connectivity index (χ0) is 14.3. The molecule has 0 saturated carbocycles. The van der Waals surface area contributed by atoms with Gasteiger partial charge in [-0.15, -0.1) is 11.3 Å². The number of nitrogens with two attached hydrogens (primary N) is 1. The second kappa shape index (κ2) is 5.37. The second-order valence-corrected chi connectivity index (χ2v) is 7.18. The van der Waals surface area contributed by atoms with Crippen molar-refractivity contribution in [2.24, 2.45) is 0 Å². The number of halogens is 3. The van der Waals surface area contributed by atoms with Crippen LogP contribution >= 0.6 is 50.5 Å². The van der Waals surface area contributed by atoms with Crippen LogP contribution in [0.2, 0.25) is 10.0 Å². The first kappa shape index (κ1) is 13.9. The molecule has 0 aliphatic rings. The molecule has 3 aromatic rings. The van der Waals surface area contributed by atoms with E-state index in [1.165, 1.54) is 11.3 Å². The molecule has 0 amide bonds. The van der Waals surface area contributed by atoms with Gasteiger partial charge in [-0.3, -0.25) is 0 Å². The minimum Gasteiger partial charge on any atom is -0.397 e. The molecule has 0 unspecified atom stereocenters. The Labute approximate surface area is 136 Å². The molecular formula is C12H6BrCl2N3OS. The summed E-state index contributed by atoms with van der Waals surface area (Å²) in [6.45, 7) is 0. The lowest BCUT2D eigenvalue weighted by Crippen LogP contribution is -1.91. The van der Waals surface area contributed by atoms with Crippen LogP contribution in [-0.2, 0) is 0 Å². The Kier molecular flexibility index (Phi) is 3.72. The molecule has 2 aromatic heterocycles. The average Bonchev–Trinajstić information content (AvgIpc) is 3.02. The van der Waals surface area contributed by atoms with Crippen molar-refractivity contribution < 1.29 is 4.52 Å². The summed E-state index contributed by atoms with van der Waals surface area (Å²) >= 11 is 16.9. The number of nitrogens with zero attached hydrogens (tertiary/aromatic N) is 2. The van der Waals surface area contributed by atoms with Crippen LogP contribution in [0.4, 0.5) is 5.69 Å². The van der Waals surface area contributed by atoms with Gasteiger partial charge in [-0.2, -0.15) is 4.98 Å². The Morgan fingerprint density at radius 1 is 1.25 bits per heavy atom. The Bertz CT molecular complexity index is 787. The minimum absolute atomic E-state index is 0.284. The number of thiophene rings is 1. The first-order valence-corrected chi connectivity index (χ1v) is 7.75. The van der Waals surface area contributed by atoms with Crippen molar-refractivity contribution in [3.8, 4) is 22.2 Å². The molecule has 4 nitrogen and oxygen atoms in total. The van der Waals surface area contributed by atoms with Gasteiger partial charge in [0.15, 0.2) is 0 Å². The fourth-order valence-electron chi connectivity index (χ4n) is 1.63. The molecular weight excluding hydrogens is 385 g/mol. The van der Waals surface area contributed by atoms with Crippen LogP contribution in [0.3, 0.4) is 0 Å². The van der Waals surface area contributed by atoms with E-state index in [1.54, 1.807) is 12.1 Å². The monoisotopic (exact) mass is 389 g/mol. The Morgan fingerprint density at radius 3 is 2.75 bits per heavy atom. The summed E-state index contributed by atoms with van der Waals surface area (Å²) in [6.07, 6.45) is 0. The zero-order valence-corrected chi connectivity index (χ0v) is 13.6. The summed E-state index contributed by atoms with van der Waals surface area (Å²) in [4.78, 5) is 5.21. The van der Waals surface area contributed by atoms with Gasteiger partial charge in [-0.05, 0) is 40.2 Å². The molecule has 2 N–H and O–H groups in total. The summed E-state index contributed by atoms with van der Waals surface area (Å²) in [5.41, 5.74) is 6.80. The first-order chi connectivity index (χ1) is 9.54. The van der Waals surface area contributed by atoms with E-state index in [0.717, 1.165) is 8.66 Å². The van der Waals surface area contributed by atoms with E-state index in [0.29, 0.717) is 27.1 Å². The van der Waals surface area contributed by atoms with Crippen molar-refractivity contribution in [2.75, 3.05) is 5.73 Å². The minimum atomic E-state index is 0.284. The molecule has 3 rings (SSSR count). The summed E-state index contributed by atoms with van der Waals surface area (Å²) < 4.78 is 6.23. The molecule has 0 bridgehead atoms. The topological polar surface area (TPSA) is 64.9 Å². The lowest BCUT2D eigenvalue weighted by molar-refractivity contribution is 0.432. The molecule has 20 heavy (non-hydrogen) atoms. The second-order valence-electron chi connectivity index (χ2n) is 3.88. The molecule has 1 aromatic carbocycles. The number of anilines is 1. The van der Waals surface area contributed by atoms with E-state index in [1.807, 2.05) is 12.1 Å². The number of hydrogen-bond donors (Lipinski definition) is 1. The SMILES string of the molecule is Nc1c(Cl)cc(Cl)cc1-c1nc(-c2ccc(Br)s2)no1. The van der Waals surface area contributed by atoms with Gasteiger partial charge >= 0.3 is 0 Å². The number of hydrogen-bond acceptors (Lipinski definition) is 5. The summed E-state index contributed by atoms with van der Waals surface area (Å²) in [6, 6.07) is 7.03. The highest BCUT2D eigenvalue weighted by Crippen LogP contribution is 2.36. The fraction of sp³-hybridized carbons (Fsp3) is 0. The summed E-state index contributed by atoms with van der Waals surface area (Å²) in [5.74, 6) is 0.776. The van der Waals surface area contributed by atoms with Crippen LogP contribution in [0.25, 0.3) is 22.2 Å². The lowest BCUT2D eigenvalue weighted by atomic mass is 10.2. The lowest BCUT2D eigenvalue weighted by Gasteiger charge is -2.03. The molecule has 0 spiro atoms. The van der Waals surface area contributed by atoms with Crippen LogP contribution < -0.4 is 5.73 Å². The van der Waals surface area contributed by atoms with Gasteiger partial charge in [0.25, 0.3) is 5.89 Å². The van der Waals surface area contributed by atoms with E-state index < -0.39 is 0 Å². The van der Waals surface area contributed by atoms with Crippen molar-refractivity contribution in [3.63, 3.8) is 0 Å². The zero-order valence-electron chi connectivity index (χ0n) is 9.73. The van der Waals surface area contributed by atoms with Crippen molar-refractivity contribution in [3.05, 3.63) is 38.1 Å². The molecule has 0 aliphatic heterocycles. The molecule has 0 radical (unpaired) electrons. The van der Waals surface area contributed by atoms with E-state index in [2.05, 4.69) is 26.1 Å². The number of benzene rings is 1. The number of aromatic nitrogens is 2. The largest absolute Gasteiger partial charge is 0.397 e. The smallest absolute Gasteiger partial charge is 0.260 e. The molecule has 8 heteroatoms. The maximum absolute atomic E-state index is 5.99. The predicted molar refractivity (Wildman–Crippen MR) is 85.2 cm³/mol. The van der Waals surface area contributed by atoms with Crippen LogP contribution in [0.15, 0.2) is 32.6 Å². The Morgan fingerprint density at radius 2 is 2.05 bits per heavy atom. The van der Waals surface area contributed by atoms with Crippen molar-refractivity contribution in [2.45, 2.75) is 0 Å². The Balaban J connectivity index is 2.06. The summed E-state index contributed by atoms with van der Waals surface area (Å²) in [7, 11) is 0. The quantitative estimate of drug-likeness (QED) is 0.617. The van der Waals surface area contributed by atoms with Crippen molar-refractivity contribution >= 4 is 56.2 Å². The van der Waals surface area contributed by atoms with Crippen molar-refractivity contribution in [1.29, 1.82) is 0 Å². The van der Waals surface area contributed by atoms with E-state index in [4.69, 9.17) is 33.5 Å². The van der Waals surface area contributed by atoms with Crippen LogP contribution in [0.5, 0.6) is 0 Å². The van der Waals surface area contributed by atoms with Gasteiger partial charge in [0.2, 0.25) is 5.82 Å². The number of rotatable bonds is 2. The average molecular weight is 391 g/mol. The summed E-state index contributed by atoms with van der Waals surface area (Å²) in [5, 5.41) is 4.75. The number of nitrogen functional groups attached to an aromatic ring is 1. The maximum Gasteiger partial charge on any atom is 0.260 e. The third-order valence-corrected chi connectivity index (χ3v) is 4.69. The predicted octanol–water partition coefficient (Wildman–Crippen LogP) is 5.12. The van der Waals surface area contributed by atoms with Crippen LogP contribution in [0.1, 0.15) is 0 Å². The van der Waals surface area contributed by atoms with Crippen molar-refractivity contribution in [1.82, 2.24) is 10.1 Å². The van der Waals surface area contributed by atoms with Gasteiger partial charge in [0.1, 0.15) is 0 Å². The standard InChI is InChI=1S/C12H6BrCl2N3OS/c13-9-2-1-8(20-9)11-17-12(19-18-11)6-3-5(14)4-7(15)10(6)16/h1-4H,16H2. The van der Waals surface area contributed by atoms with Gasteiger partial charge < -0.3 is 10.3 Å². The van der Waals surface area contributed by atoms with Crippen LogP contribution in [0, 0.1) is 0 Å². The molecule has 2 heterocycles. The third-order valence-electron chi connectivity index (χ3n) is 2.54. The van der Waals surface area contributed by atoms with E-state index in [-0.39, 0.29) is 5.89 Å². The maximum atomic E-state index is 5.99. The van der Waals surface area contributed by atoms with Gasteiger partial charge in [0.05, 0.1) is 24.9 Å². The molecule has 0 saturated heterocycles. The highest BCUT2D eigenvalue weighted by Gasteiger charge is 2.16. The van der Waals surface area contributed by atoms with E-state index in [9.17, 15) is 0 Å². The van der Waals surface area contributed by atoms with Gasteiger partial charge in [-0.25, -0.2) is 0 Å². The van der Waals surface area contributed by atoms with E-state index >= 15 is 0 Å². The highest BCUT2D eigenvalue weighted by atomic mass is 79.9. The third kappa shape index (κ3) is 2.56. The van der Waals surface area contributed by atoms with Crippen LogP contribution in [-0.4, -0.2) is 10.1 Å². The van der Waals surface area contributed by atoms with Gasteiger partial charge in [0, 0.05) is 5.02 Å². The highest BCUT2D eigenvalue weighted by molar-refractivity contribution is 9.11. The molecule has 0 fully saturated rings. The first-order valence-electron chi connectivity index (χ1n) is 5.39. The fourth-order valence-corrected chi connectivity index (χ4v) is 3.43. The molecule has 0 aliphatic carbocycles.